The smallest absolute Gasteiger partial charge is 0.417 e. The van der Waals surface area contributed by atoms with E-state index in [1.165, 1.54) is 37.4 Å². The van der Waals surface area contributed by atoms with Crippen molar-refractivity contribution in [2.45, 2.75) is 49.3 Å². The fraction of sp³-hybridized carbons (Fsp3) is 0.400. The van der Waals surface area contributed by atoms with Crippen molar-refractivity contribution in [3.63, 3.8) is 0 Å². The minimum Gasteiger partial charge on any atom is -0.469 e. The molecule has 0 saturated carbocycles. The number of anilines is 2. The summed E-state index contributed by atoms with van der Waals surface area (Å²) in [5.41, 5.74) is -4.13. The van der Waals surface area contributed by atoms with Crippen LogP contribution in [0.15, 0.2) is 47.4 Å². The zero-order valence-electron chi connectivity index (χ0n) is 20.8. The lowest BCUT2D eigenvalue weighted by Crippen LogP contribution is -2.45. The van der Waals surface area contributed by atoms with Gasteiger partial charge in [0.1, 0.15) is 0 Å². The Labute approximate surface area is 218 Å². The summed E-state index contributed by atoms with van der Waals surface area (Å²) in [6.45, 7) is 1.53. The number of nitrogens with one attached hydrogen (secondary N) is 2. The maximum atomic E-state index is 13.2. The van der Waals surface area contributed by atoms with Gasteiger partial charge in [0.15, 0.2) is 15.4 Å². The Morgan fingerprint density at radius 1 is 1.05 bits per heavy atom. The van der Waals surface area contributed by atoms with Crippen LogP contribution in [0, 0.1) is 11.3 Å². The van der Waals surface area contributed by atoms with Gasteiger partial charge < -0.3 is 20.5 Å². The number of halogens is 3. The van der Waals surface area contributed by atoms with Crippen LogP contribution >= 0.6 is 0 Å². The molecule has 0 aliphatic rings. The van der Waals surface area contributed by atoms with Crippen molar-refractivity contribution >= 4 is 33.1 Å². The molecule has 0 saturated heterocycles. The molecular formula is C25H28F3N3O6S. The number of esters is 1. The first-order valence-corrected chi connectivity index (χ1v) is 13.1. The summed E-state index contributed by atoms with van der Waals surface area (Å²) in [5.74, 6) is -2.53. The molecule has 1 atom stereocenters. The number of benzene rings is 2. The number of nitriles is 1. The minimum atomic E-state index is -4.86. The summed E-state index contributed by atoms with van der Waals surface area (Å²) >= 11 is 0. The largest absolute Gasteiger partial charge is 0.469 e. The predicted octanol–water partition coefficient (Wildman–Crippen LogP) is 3.89. The third kappa shape index (κ3) is 8.74. The van der Waals surface area contributed by atoms with E-state index >= 15 is 0 Å². The maximum Gasteiger partial charge on any atom is 0.417 e. The molecule has 0 heterocycles. The number of methoxy groups -OCH3 is 1. The van der Waals surface area contributed by atoms with E-state index in [1.54, 1.807) is 0 Å². The van der Waals surface area contributed by atoms with Gasteiger partial charge in [-0.1, -0.05) is 6.42 Å². The van der Waals surface area contributed by atoms with E-state index in [1.807, 2.05) is 0 Å². The third-order valence-electron chi connectivity index (χ3n) is 5.49. The number of nitrogens with zero attached hydrogens (tertiary/aromatic N) is 1. The molecule has 0 aromatic heterocycles. The predicted molar refractivity (Wildman–Crippen MR) is 133 cm³/mol. The lowest BCUT2D eigenvalue weighted by atomic mass is 10.1. The molecule has 3 N–H and O–H groups in total. The molecule has 38 heavy (non-hydrogen) atoms. The average Bonchev–Trinajstić information content (AvgIpc) is 2.85. The fourth-order valence-electron chi connectivity index (χ4n) is 3.42. The van der Waals surface area contributed by atoms with Crippen LogP contribution in [-0.2, 0) is 30.3 Å². The van der Waals surface area contributed by atoms with Gasteiger partial charge in [0.05, 0.1) is 35.0 Å². The Balaban J connectivity index is 1.99. The molecule has 2 aromatic carbocycles. The van der Waals surface area contributed by atoms with E-state index in [2.05, 4.69) is 15.4 Å². The Morgan fingerprint density at radius 2 is 1.68 bits per heavy atom. The van der Waals surface area contributed by atoms with Crippen molar-refractivity contribution in [2.24, 2.45) is 0 Å². The summed E-state index contributed by atoms with van der Waals surface area (Å²) in [4.78, 5) is 23.5. The molecule has 0 spiro atoms. The van der Waals surface area contributed by atoms with Crippen LogP contribution in [0.25, 0.3) is 0 Å². The summed E-state index contributed by atoms with van der Waals surface area (Å²) < 4.78 is 69.7. The zero-order chi connectivity index (χ0) is 28.6. The number of sulfone groups is 1. The van der Waals surface area contributed by atoms with E-state index < -0.39 is 44.4 Å². The first kappa shape index (κ1) is 30.6. The number of amides is 1. The van der Waals surface area contributed by atoms with Crippen LogP contribution in [0.1, 0.15) is 43.7 Å². The highest BCUT2D eigenvalue weighted by Gasteiger charge is 2.38. The maximum absolute atomic E-state index is 13.2. The van der Waals surface area contributed by atoms with Gasteiger partial charge in [0.25, 0.3) is 5.91 Å². The third-order valence-corrected chi connectivity index (χ3v) is 7.42. The number of aliphatic hydroxyl groups is 1. The Morgan fingerprint density at radius 3 is 2.26 bits per heavy atom. The quantitative estimate of drug-likeness (QED) is 0.264. The van der Waals surface area contributed by atoms with E-state index in [9.17, 15) is 36.3 Å². The average molecular weight is 556 g/mol. The molecule has 1 unspecified atom stereocenters. The Kier molecular flexibility index (Phi) is 10.3. The van der Waals surface area contributed by atoms with Gasteiger partial charge in [-0.3, -0.25) is 9.59 Å². The van der Waals surface area contributed by atoms with Gasteiger partial charge in [-0.25, -0.2) is 8.42 Å². The molecule has 0 bridgehead atoms. The minimum absolute atomic E-state index is 0.160. The molecule has 0 radical (unpaired) electrons. The van der Waals surface area contributed by atoms with E-state index in [-0.39, 0.29) is 16.6 Å². The second-order valence-corrected chi connectivity index (χ2v) is 10.7. The van der Waals surface area contributed by atoms with Gasteiger partial charge in [-0.2, -0.15) is 18.4 Å². The lowest BCUT2D eigenvalue weighted by Gasteiger charge is -2.22. The highest BCUT2D eigenvalue weighted by Crippen LogP contribution is 2.33. The van der Waals surface area contributed by atoms with E-state index in [0.29, 0.717) is 31.1 Å². The van der Waals surface area contributed by atoms with Gasteiger partial charge in [-0.15, -0.1) is 0 Å². The molecule has 0 fully saturated rings. The fourth-order valence-corrected chi connectivity index (χ4v) is 5.01. The van der Waals surface area contributed by atoms with Crippen LogP contribution < -0.4 is 10.6 Å². The summed E-state index contributed by atoms with van der Waals surface area (Å²) in [6.07, 6.45) is -2.26. The molecule has 0 aliphatic heterocycles. The van der Waals surface area contributed by atoms with Crippen LogP contribution in [0.2, 0.25) is 0 Å². The van der Waals surface area contributed by atoms with Gasteiger partial charge in [0, 0.05) is 24.3 Å². The van der Waals surface area contributed by atoms with Crippen molar-refractivity contribution in [1.29, 1.82) is 5.26 Å². The van der Waals surface area contributed by atoms with Crippen molar-refractivity contribution < 1.29 is 41.0 Å². The monoisotopic (exact) mass is 555 g/mol. The number of alkyl halides is 3. The number of ether oxygens (including phenoxy) is 1. The second kappa shape index (κ2) is 12.7. The molecule has 0 aliphatic carbocycles. The van der Waals surface area contributed by atoms with Crippen LogP contribution in [0.4, 0.5) is 24.5 Å². The molecule has 2 rings (SSSR count). The first-order chi connectivity index (χ1) is 17.7. The summed E-state index contributed by atoms with van der Waals surface area (Å²) in [6, 6.07) is 9.50. The zero-order valence-corrected chi connectivity index (χ0v) is 21.6. The van der Waals surface area contributed by atoms with Crippen LogP contribution in [-0.4, -0.2) is 50.4 Å². The van der Waals surface area contributed by atoms with Gasteiger partial charge >= 0.3 is 12.1 Å². The van der Waals surface area contributed by atoms with Crippen LogP contribution in [0.5, 0.6) is 0 Å². The lowest BCUT2D eigenvalue weighted by molar-refractivity contribution is -0.141. The highest BCUT2D eigenvalue weighted by atomic mass is 32.2. The second-order valence-electron chi connectivity index (χ2n) is 8.69. The van der Waals surface area contributed by atoms with E-state index in [4.69, 9.17) is 5.26 Å². The molecule has 9 nitrogen and oxygen atoms in total. The van der Waals surface area contributed by atoms with Crippen LogP contribution in [0.3, 0.4) is 0 Å². The topological polar surface area (TPSA) is 146 Å². The summed E-state index contributed by atoms with van der Waals surface area (Å²) in [5, 5.41) is 24.6. The number of unbranched alkanes of at least 4 members (excludes halogenated alkanes) is 2. The number of carbonyl (C=O) groups is 2. The van der Waals surface area contributed by atoms with Crippen molar-refractivity contribution in [1.82, 2.24) is 0 Å². The van der Waals surface area contributed by atoms with Crippen molar-refractivity contribution in [3.05, 3.63) is 53.6 Å². The molecular weight excluding hydrogens is 527 g/mol. The number of hydrogen-bond donors (Lipinski definition) is 3. The highest BCUT2D eigenvalue weighted by molar-refractivity contribution is 7.91. The van der Waals surface area contributed by atoms with Gasteiger partial charge in [-0.05, 0) is 62.2 Å². The number of hydrogen-bond acceptors (Lipinski definition) is 8. The van der Waals surface area contributed by atoms with Crippen molar-refractivity contribution in [3.8, 4) is 6.07 Å². The first-order valence-electron chi connectivity index (χ1n) is 11.5. The SMILES string of the molecule is COC(=O)CCCCCNc1ccc(S(=O)(=O)CC(C)(O)C(=O)Nc2ccc(C#N)c(C(F)(F)F)c2)cc1. The molecule has 1 amide bonds. The summed E-state index contributed by atoms with van der Waals surface area (Å²) in [7, 11) is -2.83. The molecule has 206 valence electrons. The number of carbonyl (C=O) groups excluding carboxylic acids is 2. The standard InChI is InChI=1S/C25H28F3N3O6S/c1-24(34,23(33)31-19-8-7-17(15-29)21(14-19)25(26,27)28)16-38(35,36)20-11-9-18(10-12-20)30-13-5-3-4-6-22(32)37-2/h7-12,14,30,34H,3-6,13,16H2,1-2H3,(H,31,33). The van der Waals surface area contributed by atoms with Crippen molar-refractivity contribution in [2.75, 3.05) is 30.0 Å². The molecule has 13 heteroatoms. The number of rotatable bonds is 12. The Hall–Kier alpha value is -3.63. The Bertz CT molecular complexity index is 1290. The normalized spacial score (nSPS) is 13.2. The van der Waals surface area contributed by atoms with E-state index in [0.717, 1.165) is 31.9 Å². The van der Waals surface area contributed by atoms with Gasteiger partial charge in [0.2, 0.25) is 0 Å². The molecule has 2 aromatic rings.